The topological polar surface area (TPSA) is 74.5 Å². The number of para-hydroxylation sites is 1. The van der Waals surface area contributed by atoms with Gasteiger partial charge in [0.2, 0.25) is 5.56 Å². The highest BCUT2D eigenvalue weighted by Crippen LogP contribution is 2.62. The second-order valence-electron chi connectivity index (χ2n) is 10.2. The Kier molecular flexibility index (Phi) is 6.82. The molecule has 0 saturated heterocycles. The Morgan fingerprint density at radius 3 is 2.54 bits per heavy atom. The summed E-state index contributed by atoms with van der Waals surface area (Å²) in [6.45, 7) is 2.10. The Bertz CT molecular complexity index is 1550. The van der Waals surface area contributed by atoms with Crippen LogP contribution in [0.3, 0.4) is 0 Å². The molecule has 2 heterocycles. The minimum atomic E-state index is -0.902. The second-order valence-corrected chi connectivity index (χ2v) is 11.4. The van der Waals surface area contributed by atoms with E-state index >= 15 is 0 Å². The lowest BCUT2D eigenvalue weighted by molar-refractivity contribution is 0.0598. The Labute approximate surface area is 241 Å². The van der Waals surface area contributed by atoms with Crippen LogP contribution in [0.2, 0.25) is 10.0 Å². The molecule has 4 aromatic rings. The van der Waals surface area contributed by atoms with E-state index in [2.05, 4.69) is 17.1 Å². The smallest absolute Gasteiger partial charge is 0.339 e. The molecule has 0 bridgehead atoms. The molecule has 0 amide bonds. The average Bonchev–Trinajstić information content (AvgIpc) is 3.86. The first-order valence-corrected chi connectivity index (χ1v) is 13.9. The number of alkyl halides is 1. The van der Waals surface area contributed by atoms with Gasteiger partial charge in [-0.2, -0.15) is 0 Å². The van der Waals surface area contributed by atoms with Crippen LogP contribution in [0.25, 0.3) is 11.3 Å². The van der Waals surface area contributed by atoms with E-state index in [1.165, 1.54) is 7.11 Å². The van der Waals surface area contributed by atoms with E-state index in [1.54, 1.807) is 36.5 Å². The molecule has 2 saturated carbocycles. The fourth-order valence-electron chi connectivity index (χ4n) is 5.33. The number of pyridine rings is 1. The number of hydrogen-bond acceptors (Lipinski definition) is 6. The molecule has 2 aliphatic rings. The van der Waals surface area contributed by atoms with Crippen molar-refractivity contribution < 1.29 is 18.8 Å². The van der Waals surface area contributed by atoms with Crippen LogP contribution in [0.5, 0.6) is 5.75 Å². The molecule has 6 rings (SSSR count). The van der Waals surface area contributed by atoms with E-state index in [4.69, 9.17) is 48.8 Å². The van der Waals surface area contributed by atoms with E-state index in [0.29, 0.717) is 49.6 Å². The van der Waals surface area contributed by atoms with Gasteiger partial charge in [-0.1, -0.05) is 71.1 Å². The van der Waals surface area contributed by atoms with Crippen LogP contribution in [0, 0.1) is 0 Å². The number of hydrogen-bond donors (Lipinski definition) is 0. The molecule has 0 N–H and O–H groups in total. The number of rotatable bonds is 8. The van der Waals surface area contributed by atoms with Crippen molar-refractivity contribution in [3.05, 3.63) is 99.0 Å². The summed E-state index contributed by atoms with van der Waals surface area (Å²) < 4.78 is 17.2. The maximum Gasteiger partial charge on any atom is 0.339 e. The van der Waals surface area contributed by atoms with Crippen molar-refractivity contribution in [2.45, 2.75) is 49.0 Å². The summed E-state index contributed by atoms with van der Waals surface area (Å²) in [5, 5.41) is 5.24. The van der Waals surface area contributed by atoms with Crippen molar-refractivity contribution >= 4 is 40.8 Å². The summed E-state index contributed by atoms with van der Waals surface area (Å²) >= 11 is 20.1. The summed E-state index contributed by atoms with van der Waals surface area (Å²) in [7, 11) is 1.38. The molecule has 9 heteroatoms. The second kappa shape index (κ2) is 10.2. The molecule has 0 spiro atoms. The van der Waals surface area contributed by atoms with Crippen LogP contribution in [0.15, 0.2) is 65.3 Å². The van der Waals surface area contributed by atoms with Crippen LogP contribution < -0.4 is 4.74 Å². The van der Waals surface area contributed by atoms with Gasteiger partial charge in [-0.25, -0.2) is 4.79 Å². The fourth-order valence-corrected chi connectivity index (χ4v) is 6.22. The van der Waals surface area contributed by atoms with Crippen molar-refractivity contribution in [2.24, 2.45) is 0 Å². The standard InChI is InChI=1S/C30H25Cl3N2O4/c1-30(27-18(29(36)37-2)8-6-14-34-27)15-19(30)17-7-3-4-11-22(17)38-28(33)24-25(35-39-26(24)16-12-13-16)23-20(31)9-5-10-21(23)32/h3-11,14,16,19,28H,12-13,15H2,1-2H3. The molecule has 0 radical (unpaired) electrons. The Hall–Kier alpha value is -3.06. The zero-order valence-corrected chi connectivity index (χ0v) is 23.6. The van der Waals surface area contributed by atoms with E-state index in [9.17, 15) is 4.79 Å². The van der Waals surface area contributed by atoms with Crippen molar-refractivity contribution in [3.63, 3.8) is 0 Å². The van der Waals surface area contributed by atoms with Crippen molar-refractivity contribution in [1.29, 1.82) is 0 Å². The molecule has 200 valence electrons. The Morgan fingerprint density at radius 2 is 1.82 bits per heavy atom. The highest BCUT2D eigenvalue weighted by Gasteiger charge is 2.55. The van der Waals surface area contributed by atoms with Gasteiger partial charge >= 0.3 is 5.97 Å². The third-order valence-electron chi connectivity index (χ3n) is 7.65. The quantitative estimate of drug-likeness (QED) is 0.153. The molecule has 39 heavy (non-hydrogen) atoms. The molecule has 0 aliphatic heterocycles. The first-order valence-electron chi connectivity index (χ1n) is 12.7. The van der Waals surface area contributed by atoms with Crippen LogP contribution in [-0.4, -0.2) is 23.2 Å². The number of aromatic nitrogens is 2. The summed E-state index contributed by atoms with van der Waals surface area (Å²) in [5.74, 6) is 1.24. The largest absolute Gasteiger partial charge is 0.470 e. The van der Waals surface area contributed by atoms with Gasteiger partial charge in [0.05, 0.1) is 34.0 Å². The predicted octanol–water partition coefficient (Wildman–Crippen LogP) is 8.47. The maximum absolute atomic E-state index is 12.4. The van der Waals surface area contributed by atoms with Gasteiger partial charge in [-0.15, -0.1) is 0 Å². The minimum Gasteiger partial charge on any atom is -0.470 e. The molecular weight excluding hydrogens is 559 g/mol. The van der Waals surface area contributed by atoms with Crippen LogP contribution in [0.1, 0.15) is 76.5 Å². The highest BCUT2D eigenvalue weighted by atomic mass is 35.5. The summed E-state index contributed by atoms with van der Waals surface area (Å²) in [5.41, 5.74) is 2.59. The molecule has 2 aromatic heterocycles. The first-order chi connectivity index (χ1) is 18.8. The molecule has 2 aromatic carbocycles. The van der Waals surface area contributed by atoms with E-state index in [-0.39, 0.29) is 17.3 Å². The lowest BCUT2D eigenvalue weighted by Crippen LogP contribution is -2.15. The molecule has 6 nitrogen and oxygen atoms in total. The number of esters is 1. The number of benzene rings is 2. The van der Waals surface area contributed by atoms with Gasteiger partial charge in [0.1, 0.15) is 17.2 Å². The highest BCUT2D eigenvalue weighted by molar-refractivity contribution is 6.39. The Morgan fingerprint density at radius 1 is 1.08 bits per heavy atom. The van der Waals surface area contributed by atoms with Crippen molar-refractivity contribution in [1.82, 2.24) is 10.1 Å². The molecule has 2 aliphatic carbocycles. The number of carbonyl (C=O) groups is 1. The molecule has 3 atom stereocenters. The third-order valence-corrected chi connectivity index (χ3v) is 8.58. The molecular formula is C30H25Cl3N2O4. The number of nitrogens with zero attached hydrogens (tertiary/aromatic N) is 2. The number of carbonyl (C=O) groups excluding carboxylic acids is 1. The van der Waals surface area contributed by atoms with Gasteiger partial charge in [-0.05, 0) is 61.1 Å². The van der Waals surface area contributed by atoms with Crippen molar-refractivity contribution in [2.75, 3.05) is 7.11 Å². The van der Waals surface area contributed by atoms with E-state index < -0.39 is 11.5 Å². The van der Waals surface area contributed by atoms with Gasteiger partial charge in [-0.3, -0.25) is 4.98 Å². The summed E-state index contributed by atoms with van der Waals surface area (Å²) in [6, 6.07) is 16.6. The minimum absolute atomic E-state index is 0.0683. The van der Waals surface area contributed by atoms with E-state index in [1.807, 2.05) is 24.3 Å². The van der Waals surface area contributed by atoms with Crippen LogP contribution >= 0.6 is 34.8 Å². The average molecular weight is 584 g/mol. The van der Waals surface area contributed by atoms with Crippen LogP contribution in [0.4, 0.5) is 0 Å². The third kappa shape index (κ3) is 4.69. The normalized spacial score (nSPS) is 20.9. The van der Waals surface area contributed by atoms with E-state index in [0.717, 1.165) is 24.8 Å². The first kappa shape index (κ1) is 26.2. The number of methoxy groups -OCH3 is 1. The molecule has 2 fully saturated rings. The summed E-state index contributed by atoms with van der Waals surface area (Å²) in [4.78, 5) is 17.0. The number of halogens is 3. The number of ether oxygens (including phenoxy) is 2. The monoisotopic (exact) mass is 582 g/mol. The van der Waals surface area contributed by atoms with Crippen LogP contribution in [-0.2, 0) is 10.2 Å². The van der Waals surface area contributed by atoms with Gasteiger partial charge in [0.25, 0.3) is 0 Å². The SMILES string of the molecule is COC(=O)c1cccnc1C1(C)CC1c1ccccc1OC(Cl)c1c(-c2c(Cl)cccc2Cl)noc1C1CC1. The zero-order chi connectivity index (χ0) is 27.3. The van der Waals surface area contributed by atoms with Gasteiger partial charge < -0.3 is 14.0 Å². The van der Waals surface area contributed by atoms with Gasteiger partial charge in [0.15, 0.2) is 0 Å². The Balaban J connectivity index is 1.35. The maximum atomic E-state index is 12.4. The predicted molar refractivity (Wildman–Crippen MR) is 150 cm³/mol. The summed E-state index contributed by atoms with van der Waals surface area (Å²) in [6.07, 6.45) is 4.48. The zero-order valence-electron chi connectivity index (χ0n) is 21.3. The fraction of sp³-hybridized carbons (Fsp3) is 0.300. The van der Waals surface area contributed by atoms with Crippen molar-refractivity contribution in [3.8, 4) is 17.0 Å². The molecule has 3 unspecified atom stereocenters. The lowest BCUT2D eigenvalue weighted by atomic mass is 9.93. The van der Waals surface area contributed by atoms with Gasteiger partial charge in [0, 0.05) is 23.1 Å². The lowest BCUT2D eigenvalue weighted by Gasteiger charge is -2.19.